The molecule has 1 amide bonds. The lowest BCUT2D eigenvalue weighted by Crippen LogP contribution is -2.38. The summed E-state index contributed by atoms with van der Waals surface area (Å²) >= 11 is 0. The number of carbonyl (C=O) groups excluding carboxylic acids is 1. The van der Waals surface area contributed by atoms with Crippen LogP contribution in [0.5, 0.6) is 0 Å². The molecule has 0 spiro atoms. The van der Waals surface area contributed by atoms with Crippen molar-refractivity contribution in [2.24, 2.45) is 7.05 Å². The van der Waals surface area contributed by atoms with Crippen molar-refractivity contribution in [1.29, 1.82) is 0 Å². The van der Waals surface area contributed by atoms with Crippen LogP contribution in [0, 0.1) is 0 Å². The lowest BCUT2D eigenvalue weighted by atomic mass is 10.2. The highest BCUT2D eigenvalue weighted by atomic mass is 16.3. The number of nitrogens with zero attached hydrogens (tertiary/aromatic N) is 3. The van der Waals surface area contributed by atoms with Crippen LogP contribution >= 0.6 is 0 Å². The molecule has 5 heteroatoms. The third-order valence-corrected chi connectivity index (χ3v) is 2.86. The Kier molecular flexibility index (Phi) is 2.73. The second kappa shape index (κ2) is 4.02. The number of aliphatic hydroxyl groups excluding tert-OH is 1. The van der Waals surface area contributed by atoms with Crippen LogP contribution in [0.25, 0.3) is 0 Å². The number of aromatic nitrogens is 2. The average molecular weight is 209 g/mol. The van der Waals surface area contributed by atoms with Gasteiger partial charge in [-0.1, -0.05) is 0 Å². The molecule has 1 aromatic heterocycles. The molecule has 1 N–H and O–H groups in total. The molecule has 1 aliphatic rings. The Bertz CT molecular complexity index is 361. The Morgan fingerprint density at radius 2 is 2.53 bits per heavy atom. The van der Waals surface area contributed by atoms with E-state index < -0.39 is 0 Å². The summed E-state index contributed by atoms with van der Waals surface area (Å²) in [7, 11) is 1.80. The number of aryl methyl sites for hydroxylation is 1. The minimum atomic E-state index is -0.0842. The van der Waals surface area contributed by atoms with Crippen LogP contribution in [0.3, 0.4) is 0 Å². The van der Waals surface area contributed by atoms with Gasteiger partial charge >= 0.3 is 0 Å². The smallest absolute Gasteiger partial charge is 0.290 e. The fourth-order valence-electron chi connectivity index (χ4n) is 1.99. The first kappa shape index (κ1) is 10.2. The van der Waals surface area contributed by atoms with Gasteiger partial charge in [-0.2, -0.15) is 0 Å². The summed E-state index contributed by atoms with van der Waals surface area (Å²) in [5, 5.41) is 9.13. The van der Waals surface area contributed by atoms with Crippen LogP contribution in [-0.4, -0.2) is 44.7 Å². The molecule has 15 heavy (non-hydrogen) atoms. The van der Waals surface area contributed by atoms with Crippen molar-refractivity contribution in [1.82, 2.24) is 14.5 Å². The van der Waals surface area contributed by atoms with Crippen LogP contribution in [0.2, 0.25) is 0 Å². The number of hydrogen-bond acceptors (Lipinski definition) is 3. The number of carbonyl (C=O) groups is 1. The molecule has 0 radical (unpaired) electrons. The average Bonchev–Trinajstić information content (AvgIpc) is 2.84. The van der Waals surface area contributed by atoms with Crippen LogP contribution in [0.1, 0.15) is 23.5 Å². The molecule has 1 saturated heterocycles. The SMILES string of the molecule is Cn1ccnc1C(=O)N1CCCC1CO. The third-order valence-electron chi connectivity index (χ3n) is 2.86. The van der Waals surface area contributed by atoms with Gasteiger partial charge in [-0.15, -0.1) is 0 Å². The van der Waals surface area contributed by atoms with Crippen molar-refractivity contribution in [3.05, 3.63) is 18.2 Å². The molecule has 5 nitrogen and oxygen atoms in total. The Hall–Kier alpha value is -1.36. The van der Waals surface area contributed by atoms with Gasteiger partial charge in [0, 0.05) is 26.0 Å². The predicted octanol–water partition coefficient (Wildman–Crippen LogP) is 0.0170. The predicted molar refractivity (Wildman–Crippen MR) is 54.4 cm³/mol. The molecule has 1 aromatic rings. The standard InChI is InChI=1S/C10H15N3O2/c1-12-6-4-11-9(12)10(15)13-5-2-3-8(13)7-14/h4,6,8,14H,2-3,5,7H2,1H3. The van der Waals surface area contributed by atoms with Crippen molar-refractivity contribution >= 4 is 5.91 Å². The summed E-state index contributed by atoms with van der Waals surface area (Å²) in [5.41, 5.74) is 0. The maximum Gasteiger partial charge on any atom is 0.290 e. The van der Waals surface area contributed by atoms with Crippen LogP contribution in [0.4, 0.5) is 0 Å². The maximum atomic E-state index is 12.0. The van der Waals surface area contributed by atoms with Gasteiger partial charge in [-0.25, -0.2) is 4.98 Å². The first-order chi connectivity index (χ1) is 7.24. The maximum absolute atomic E-state index is 12.0. The van der Waals surface area contributed by atoms with Crippen molar-refractivity contribution < 1.29 is 9.90 Å². The summed E-state index contributed by atoms with van der Waals surface area (Å²) < 4.78 is 1.70. The van der Waals surface area contributed by atoms with E-state index in [0.717, 1.165) is 19.4 Å². The summed E-state index contributed by atoms with van der Waals surface area (Å²) in [6, 6.07) is -0.0331. The van der Waals surface area contributed by atoms with E-state index in [0.29, 0.717) is 5.82 Å². The zero-order valence-electron chi connectivity index (χ0n) is 8.76. The molecule has 1 atom stereocenters. The molecule has 2 heterocycles. The molecule has 0 bridgehead atoms. The van der Waals surface area contributed by atoms with E-state index in [1.807, 2.05) is 0 Å². The highest BCUT2D eigenvalue weighted by Gasteiger charge is 2.30. The van der Waals surface area contributed by atoms with Gasteiger partial charge in [-0.05, 0) is 12.8 Å². The summed E-state index contributed by atoms with van der Waals surface area (Å²) in [5.74, 6) is 0.356. The normalized spacial score (nSPS) is 20.9. The van der Waals surface area contributed by atoms with Crippen LogP contribution in [0.15, 0.2) is 12.4 Å². The quantitative estimate of drug-likeness (QED) is 0.747. The minimum Gasteiger partial charge on any atom is -0.394 e. The Balaban J connectivity index is 2.18. The zero-order valence-corrected chi connectivity index (χ0v) is 8.76. The molecular weight excluding hydrogens is 194 g/mol. The van der Waals surface area contributed by atoms with Gasteiger partial charge in [-0.3, -0.25) is 4.79 Å². The highest BCUT2D eigenvalue weighted by Crippen LogP contribution is 2.18. The molecule has 82 valence electrons. The fourth-order valence-corrected chi connectivity index (χ4v) is 1.99. The second-order valence-corrected chi connectivity index (χ2v) is 3.84. The molecule has 1 unspecified atom stereocenters. The van der Waals surface area contributed by atoms with E-state index in [1.54, 1.807) is 28.9 Å². The lowest BCUT2D eigenvalue weighted by molar-refractivity contribution is 0.0662. The van der Waals surface area contributed by atoms with Gasteiger partial charge in [0.05, 0.1) is 12.6 Å². The largest absolute Gasteiger partial charge is 0.394 e. The number of rotatable bonds is 2. The summed E-state index contributed by atoms with van der Waals surface area (Å²) in [6.45, 7) is 0.757. The van der Waals surface area contributed by atoms with Crippen LogP contribution < -0.4 is 0 Å². The van der Waals surface area contributed by atoms with Gasteiger partial charge < -0.3 is 14.6 Å². The summed E-state index contributed by atoms with van der Waals surface area (Å²) in [6.07, 6.45) is 5.20. The number of amides is 1. The molecule has 1 aliphatic heterocycles. The first-order valence-electron chi connectivity index (χ1n) is 5.13. The van der Waals surface area contributed by atoms with E-state index >= 15 is 0 Å². The monoisotopic (exact) mass is 209 g/mol. The third kappa shape index (κ3) is 1.74. The molecule has 1 fully saturated rings. The molecule has 0 saturated carbocycles. The van der Waals surface area contributed by atoms with Crippen molar-refractivity contribution in [2.75, 3.05) is 13.2 Å². The van der Waals surface area contributed by atoms with E-state index in [2.05, 4.69) is 4.98 Å². The van der Waals surface area contributed by atoms with Gasteiger partial charge in [0.1, 0.15) is 0 Å². The minimum absolute atomic E-state index is 0.0331. The Labute approximate surface area is 88.3 Å². The second-order valence-electron chi connectivity index (χ2n) is 3.84. The van der Waals surface area contributed by atoms with Gasteiger partial charge in [0.2, 0.25) is 0 Å². The van der Waals surface area contributed by atoms with E-state index in [1.165, 1.54) is 0 Å². The van der Waals surface area contributed by atoms with Crippen molar-refractivity contribution in [2.45, 2.75) is 18.9 Å². The van der Waals surface area contributed by atoms with E-state index in [4.69, 9.17) is 5.11 Å². The topological polar surface area (TPSA) is 58.4 Å². The van der Waals surface area contributed by atoms with E-state index in [-0.39, 0.29) is 18.6 Å². The zero-order chi connectivity index (χ0) is 10.8. The number of aliphatic hydroxyl groups is 1. The van der Waals surface area contributed by atoms with Crippen LogP contribution in [-0.2, 0) is 7.05 Å². The number of imidazole rings is 1. The van der Waals surface area contributed by atoms with Gasteiger partial charge in [0.25, 0.3) is 5.91 Å². The van der Waals surface area contributed by atoms with Gasteiger partial charge in [0.15, 0.2) is 5.82 Å². The molecular formula is C10H15N3O2. The number of likely N-dealkylation sites (tertiary alicyclic amines) is 1. The van der Waals surface area contributed by atoms with E-state index in [9.17, 15) is 4.79 Å². The number of hydrogen-bond donors (Lipinski definition) is 1. The highest BCUT2D eigenvalue weighted by molar-refractivity contribution is 5.91. The summed E-state index contributed by atoms with van der Waals surface area (Å²) in [4.78, 5) is 17.8. The fraction of sp³-hybridized carbons (Fsp3) is 0.600. The Morgan fingerprint density at radius 1 is 1.73 bits per heavy atom. The first-order valence-corrected chi connectivity index (χ1v) is 5.13. The van der Waals surface area contributed by atoms with Crippen molar-refractivity contribution in [3.8, 4) is 0 Å². The molecule has 2 rings (SSSR count). The Morgan fingerprint density at radius 3 is 3.13 bits per heavy atom. The molecule has 0 aromatic carbocycles. The van der Waals surface area contributed by atoms with Crippen molar-refractivity contribution in [3.63, 3.8) is 0 Å². The molecule has 0 aliphatic carbocycles. The lowest BCUT2D eigenvalue weighted by Gasteiger charge is -2.22.